The van der Waals surface area contributed by atoms with Crippen LogP contribution in [0.15, 0.2) is 48.5 Å². The Morgan fingerprint density at radius 3 is 2.43 bits per heavy atom. The van der Waals surface area contributed by atoms with Crippen LogP contribution in [0.3, 0.4) is 0 Å². The zero-order chi connectivity index (χ0) is 21.5. The van der Waals surface area contributed by atoms with Gasteiger partial charge in [0.05, 0.1) is 13.7 Å². The fourth-order valence-electron chi connectivity index (χ4n) is 3.71. The first-order valence-electron chi connectivity index (χ1n) is 10.5. The molecule has 7 nitrogen and oxygen atoms in total. The summed E-state index contributed by atoms with van der Waals surface area (Å²) in [5.41, 5.74) is 8.60. The number of methoxy groups -OCH3 is 1. The number of para-hydroxylation sites is 4. The highest BCUT2D eigenvalue weighted by Gasteiger charge is 2.23. The van der Waals surface area contributed by atoms with E-state index in [4.69, 9.17) is 15.2 Å². The quantitative estimate of drug-likeness (QED) is 0.472. The smallest absolute Gasteiger partial charge is 0.356 e. The molecule has 2 aromatic carbocycles. The molecule has 0 spiro atoms. The Bertz CT molecular complexity index is 953. The van der Waals surface area contributed by atoms with Gasteiger partial charge in [0.15, 0.2) is 11.5 Å². The number of aliphatic hydroxyl groups excluding tert-OH is 1. The maximum atomic E-state index is 10.7. The minimum absolute atomic E-state index is 0.145. The third-order valence-corrected chi connectivity index (χ3v) is 5.44. The number of hydrogen-bond acceptors (Lipinski definition) is 5. The Kier molecular flexibility index (Phi) is 7.54. The molecule has 0 fully saturated rings. The number of benzene rings is 2. The second-order valence-corrected chi connectivity index (χ2v) is 7.25. The van der Waals surface area contributed by atoms with Crippen molar-refractivity contribution in [3.8, 4) is 11.5 Å². The molecule has 3 N–H and O–H groups in total. The Hall–Kier alpha value is -2.77. The largest absolute Gasteiger partial charge is 0.493 e. The van der Waals surface area contributed by atoms with Crippen molar-refractivity contribution in [3.63, 3.8) is 0 Å². The summed E-state index contributed by atoms with van der Waals surface area (Å²) in [5, 5.41) is 10.7. The van der Waals surface area contributed by atoms with Gasteiger partial charge in [-0.15, -0.1) is 0 Å². The Balaban J connectivity index is 1.76. The van der Waals surface area contributed by atoms with Gasteiger partial charge in [-0.2, -0.15) is 0 Å². The van der Waals surface area contributed by atoms with Gasteiger partial charge < -0.3 is 19.5 Å². The van der Waals surface area contributed by atoms with E-state index < -0.39 is 6.10 Å². The van der Waals surface area contributed by atoms with E-state index in [2.05, 4.69) is 29.4 Å². The van der Waals surface area contributed by atoms with Gasteiger partial charge in [0.25, 0.3) is 0 Å². The van der Waals surface area contributed by atoms with E-state index in [1.54, 1.807) is 7.11 Å². The number of aromatic nitrogens is 2. The number of rotatable bonds is 11. The maximum Gasteiger partial charge on any atom is 0.356 e. The zero-order valence-corrected chi connectivity index (χ0v) is 18.1. The Morgan fingerprint density at radius 1 is 1.07 bits per heavy atom. The van der Waals surface area contributed by atoms with E-state index in [9.17, 15) is 5.11 Å². The van der Waals surface area contributed by atoms with Crippen molar-refractivity contribution in [1.82, 2.24) is 9.47 Å². The lowest BCUT2D eigenvalue weighted by Crippen LogP contribution is -2.44. The zero-order valence-electron chi connectivity index (χ0n) is 18.1. The molecular weight excluding hydrogens is 380 g/mol. The molecular formula is C23H33N4O3+. The van der Waals surface area contributed by atoms with Crippen molar-refractivity contribution >= 4 is 17.0 Å². The second kappa shape index (κ2) is 10.3. The molecule has 0 aliphatic rings. The molecule has 0 radical (unpaired) electrons. The molecule has 0 aliphatic carbocycles. The van der Waals surface area contributed by atoms with E-state index in [1.807, 2.05) is 47.0 Å². The molecule has 0 amide bonds. The van der Waals surface area contributed by atoms with Crippen LogP contribution in [-0.4, -0.2) is 54.0 Å². The van der Waals surface area contributed by atoms with Crippen LogP contribution in [-0.2, 0) is 13.1 Å². The number of hydrogen-bond donors (Lipinski definition) is 2. The highest BCUT2D eigenvalue weighted by Crippen LogP contribution is 2.26. The van der Waals surface area contributed by atoms with Crippen LogP contribution >= 0.6 is 0 Å². The first kappa shape index (κ1) is 21.9. The number of nitrogen functional groups attached to an aromatic ring is 1. The van der Waals surface area contributed by atoms with Crippen molar-refractivity contribution in [2.75, 3.05) is 39.1 Å². The molecule has 0 saturated carbocycles. The van der Waals surface area contributed by atoms with Crippen LogP contribution < -0.4 is 19.8 Å². The van der Waals surface area contributed by atoms with Crippen LogP contribution in [0.5, 0.6) is 11.5 Å². The van der Waals surface area contributed by atoms with Gasteiger partial charge in [0.2, 0.25) is 0 Å². The molecule has 1 atom stereocenters. The summed E-state index contributed by atoms with van der Waals surface area (Å²) in [7, 11) is 1.60. The number of nitrogens with zero attached hydrogens (tertiary/aromatic N) is 3. The number of nitrogens with two attached hydrogens (primary N) is 1. The second-order valence-electron chi connectivity index (χ2n) is 7.25. The molecule has 30 heavy (non-hydrogen) atoms. The summed E-state index contributed by atoms with van der Waals surface area (Å²) < 4.78 is 15.2. The number of likely N-dealkylation sites (N-methyl/N-ethyl adjacent to an activating group) is 1. The number of imidazole rings is 1. The van der Waals surface area contributed by atoms with Crippen LogP contribution in [0.1, 0.15) is 13.8 Å². The van der Waals surface area contributed by atoms with E-state index in [0.29, 0.717) is 24.0 Å². The van der Waals surface area contributed by atoms with Crippen molar-refractivity contribution in [2.45, 2.75) is 33.0 Å². The van der Waals surface area contributed by atoms with Gasteiger partial charge in [-0.3, -0.25) is 5.73 Å². The van der Waals surface area contributed by atoms with Crippen LogP contribution in [0.25, 0.3) is 11.0 Å². The average Bonchev–Trinajstić information content (AvgIpc) is 3.04. The van der Waals surface area contributed by atoms with E-state index in [-0.39, 0.29) is 6.61 Å². The van der Waals surface area contributed by atoms with Gasteiger partial charge in [-0.1, -0.05) is 38.1 Å². The molecule has 0 unspecified atom stereocenters. The maximum absolute atomic E-state index is 10.7. The van der Waals surface area contributed by atoms with Gasteiger partial charge in [-0.05, 0) is 37.4 Å². The molecule has 3 rings (SSSR count). The fraction of sp³-hybridized carbons (Fsp3) is 0.435. The molecule has 1 heterocycles. The highest BCUT2D eigenvalue weighted by atomic mass is 16.5. The Morgan fingerprint density at radius 2 is 1.73 bits per heavy atom. The summed E-state index contributed by atoms with van der Waals surface area (Å²) in [6, 6.07) is 15.5. The van der Waals surface area contributed by atoms with E-state index >= 15 is 0 Å². The van der Waals surface area contributed by atoms with Crippen molar-refractivity contribution in [3.05, 3.63) is 48.5 Å². The molecule has 0 bridgehead atoms. The molecule has 3 aromatic rings. The molecule has 7 heteroatoms. The summed E-state index contributed by atoms with van der Waals surface area (Å²) in [6.07, 6.45) is -0.718. The van der Waals surface area contributed by atoms with Gasteiger partial charge in [-0.25, -0.2) is 9.13 Å². The predicted molar refractivity (Wildman–Crippen MR) is 119 cm³/mol. The number of aliphatic hydroxyl groups is 1. The number of fused-ring (bicyclic) bond motifs is 1. The van der Waals surface area contributed by atoms with Gasteiger partial charge >= 0.3 is 5.95 Å². The van der Waals surface area contributed by atoms with E-state index in [1.165, 1.54) is 0 Å². The third-order valence-electron chi connectivity index (χ3n) is 5.44. The molecule has 0 saturated heterocycles. The standard InChI is InChI=1S/C23H32N4O3/c1-4-25(5-2)14-15-26-19-10-6-7-11-20(19)27(23(26)24)16-18(28)17-30-22-13-9-8-12-21(22)29-3/h6-13,18,24,28H,4-5,14-17H2,1-3H3/p+1/t18-/m1/s1. The van der Waals surface area contributed by atoms with E-state index in [0.717, 1.165) is 37.2 Å². The topological polar surface area (TPSA) is 76.8 Å². The normalized spacial score (nSPS) is 12.4. The molecule has 162 valence electrons. The summed E-state index contributed by atoms with van der Waals surface area (Å²) in [4.78, 5) is 2.37. The lowest BCUT2D eigenvalue weighted by Gasteiger charge is -2.17. The lowest BCUT2D eigenvalue weighted by molar-refractivity contribution is -0.665. The first-order valence-corrected chi connectivity index (χ1v) is 10.5. The van der Waals surface area contributed by atoms with Crippen LogP contribution in [0, 0.1) is 0 Å². The first-order chi connectivity index (χ1) is 14.6. The number of ether oxygens (including phenoxy) is 2. The van der Waals surface area contributed by atoms with Crippen molar-refractivity contribution < 1.29 is 19.1 Å². The van der Waals surface area contributed by atoms with Gasteiger partial charge in [0, 0.05) is 6.54 Å². The van der Waals surface area contributed by atoms with Gasteiger partial charge in [0.1, 0.15) is 30.3 Å². The summed E-state index contributed by atoms with van der Waals surface area (Å²) >= 11 is 0. The third kappa shape index (κ3) is 4.86. The number of anilines is 1. The SMILES string of the molecule is CCN(CC)CCn1c(N)[n+](C[C@@H](O)COc2ccccc2OC)c2ccccc21. The van der Waals surface area contributed by atoms with Crippen molar-refractivity contribution in [1.29, 1.82) is 0 Å². The predicted octanol–water partition coefficient (Wildman–Crippen LogP) is 2.30. The average molecular weight is 414 g/mol. The summed E-state index contributed by atoms with van der Waals surface area (Å²) in [6.45, 7) is 8.57. The highest BCUT2D eigenvalue weighted by molar-refractivity contribution is 5.73. The Labute approximate surface area is 178 Å². The minimum Gasteiger partial charge on any atom is -0.493 e. The fourth-order valence-corrected chi connectivity index (χ4v) is 3.71. The summed E-state index contributed by atoms with van der Waals surface area (Å²) in [5.74, 6) is 1.89. The van der Waals surface area contributed by atoms with Crippen LogP contribution in [0.4, 0.5) is 5.95 Å². The van der Waals surface area contributed by atoms with Crippen molar-refractivity contribution in [2.24, 2.45) is 0 Å². The van der Waals surface area contributed by atoms with Crippen LogP contribution in [0.2, 0.25) is 0 Å². The lowest BCUT2D eigenvalue weighted by atomic mass is 10.3. The minimum atomic E-state index is -0.718. The molecule has 0 aliphatic heterocycles. The monoisotopic (exact) mass is 413 g/mol. The molecule has 1 aromatic heterocycles.